The number of nitrogens with one attached hydrogen (secondary N) is 2. The summed E-state index contributed by atoms with van der Waals surface area (Å²) < 4.78 is 7.42. The average molecular weight is 356 g/mol. The Hall–Kier alpha value is -2.50. The number of carbonyl (C=O) groups excluding carboxylic acids is 1. The highest BCUT2D eigenvalue weighted by Crippen LogP contribution is 2.32. The molecule has 0 aliphatic heterocycles. The zero-order chi connectivity index (χ0) is 18.7. The Morgan fingerprint density at radius 1 is 1.38 bits per heavy atom. The van der Waals surface area contributed by atoms with Crippen molar-refractivity contribution >= 4 is 11.8 Å². The second-order valence-corrected chi connectivity index (χ2v) is 7.81. The van der Waals surface area contributed by atoms with Gasteiger partial charge in [0.1, 0.15) is 11.4 Å². The largest absolute Gasteiger partial charge is 0.444 e. The molecule has 1 aromatic heterocycles. The summed E-state index contributed by atoms with van der Waals surface area (Å²) in [6.45, 7) is 6.29. The highest BCUT2D eigenvalue weighted by Gasteiger charge is 2.25. The van der Waals surface area contributed by atoms with Gasteiger partial charge in [0.15, 0.2) is 0 Å². The fourth-order valence-electron chi connectivity index (χ4n) is 3.26. The van der Waals surface area contributed by atoms with Gasteiger partial charge in [-0.3, -0.25) is 0 Å². The Morgan fingerprint density at radius 3 is 2.88 bits per heavy atom. The molecule has 26 heavy (non-hydrogen) atoms. The molecule has 1 unspecified atom stereocenters. The molecule has 140 valence electrons. The van der Waals surface area contributed by atoms with Gasteiger partial charge in [0, 0.05) is 25.1 Å². The quantitative estimate of drug-likeness (QED) is 0.871. The monoisotopic (exact) mass is 356 g/mol. The number of aryl methyl sites for hydroxylation is 2. The van der Waals surface area contributed by atoms with Crippen LogP contribution in [0.25, 0.3) is 0 Å². The number of hydrogen-bond donors (Lipinski definition) is 2. The standard InChI is InChI=1S/C20H28N4O2/c1-20(2,3)26-19(25)23-17-7-5-6-14-8-9-15(12-16(14)17)22-13-18-21-10-11-24(18)4/h8-12,17,22H,5-7,13H2,1-4H3,(H,23,25). The number of aromatic nitrogens is 2. The number of ether oxygens (including phenoxy) is 1. The molecule has 1 atom stereocenters. The lowest BCUT2D eigenvalue weighted by Crippen LogP contribution is -2.36. The van der Waals surface area contributed by atoms with Gasteiger partial charge >= 0.3 is 6.09 Å². The molecule has 1 amide bonds. The predicted octanol–water partition coefficient (Wildman–Crippen LogP) is 3.93. The zero-order valence-electron chi connectivity index (χ0n) is 16.0. The molecule has 1 heterocycles. The maximum absolute atomic E-state index is 12.2. The van der Waals surface area contributed by atoms with E-state index in [1.165, 1.54) is 11.1 Å². The molecule has 6 nitrogen and oxygen atoms in total. The Labute approximate surface area is 155 Å². The van der Waals surface area contributed by atoms with Crippen LogP contribution >= 0.6 is 0 Å². The molecule has 0 radical (unpaired) electrons. The molecule has 2 aromatic rings. The van der Waals surface area contributed by atoms with Crippen molar-refractivity contribution in [2.24, 2.45) is 7.05 Å². The van der Waals surface area contributed by atoms with Gasteiger partial charge in [-0.1, -0.05) is 6.07 Å². The average Bonchev–Trinajstić information content (AvgIpc) is 2.96. The van der Waals surface area contributed by atoms with E-state index in [2.05, 4.69) is 33.8 Å². The number of imidazole rings is 1. The van der Waals surface area contributed by atoms with Crippen molar-refractivity contribution in [2.45, 2.75) is 58.2 Å². The van der Waals surface area contributed by atoms with Gasteiger partial charge in [0.25, 0.3) is 0 Å². The van der Waals surface area contributed by atoms with Crippen molar-refractivity contribution in [3.05, 3.63) is 47.5 Å². The Balaban J connectivity index is 1.71. The first kappa shape index (κ1) is 18.3. The number of fused-ring (bicyclic) bond motifs is 1. The molecule has 0 fully saturated rings. The third kappa shape index (κ3) is 4.56. The minimum Gasteiger partial charge on any atom is -0.444 e. The van der Waals surface area contributed by atoms with E-state index in [0.29, 0.717) is 6.54 Å². The molecule has 3 rings (SSSR count). The van der Waals surface area contributed by atoms with Crippen LogP contribution in [0.1, 0.15) is 56.6 Å². The maximum atomic E-state index is 12.2. The van der Waals surface area contributed by atoms with Crippen LogP contribution in [0.5, 0.6) is 0 Å². The van der Waals surface area contributed by atoms with Crippen molar-refractivity contribution in [1.82, 2.24) is 14.9 Å². The Bertz CT molecular complexity index is 776. The van der Waals surface area contributed by atoms with E-state index < -0.39 is 5.60 Å². The van der Waals surface area contributed by atoms with Gasteiger partial charge in [-0.25, -0.2) is 9.78 Å². The number of benzene rings is 1. The highest BCUT2D eigenvalue weighted by molar-refractivity contribution is 5.69. The first-order chi connectivity index (χ1) is 12.3. The second kappa shape index (κ2) is 7.40. The maximum Gasteiger partial charge on any atom is 0.408 e. The number of carbonyl (C=O) groups is 1. The second-order valence-electron chi connectivity index (χ2n) is 7.81. The SMILES string of the molecule is Cn1ccnc1CNc1ccc2c(c1)C(NC(=O)OC(C)(C)C)CCC2. The lowest BCUT2D eigenvalue weighted by atomic mass is 9.87. The summed E-state index contributed by atoms with van der Waals surface area (Å²) in [5.41, 5.74) is 3.00. The molecular weight excluding hydrogens is 328 g/mol. The molecule has 6 heteroatoms. The number of alkyl carbamates (subject to hydrolysis) is 1. The number of rotatable bonds is 4. The summed E-state index contributed by atoms with van der Waals surface area (Å²) in [6, 6.07) is 6.37. The van der Waals surface area contributed by atoms with E-state index >= 15 is 0 Å². The van der Waals surface area contributed by atoms with E-state index in [9.17, 15) is 4.79 Å². The highest BCUT2D eigenvalue weighted by atomic mass is 16.6. The van der Waals surface area contributed by atoms with Crippen LogP contribution in [0.15, 0.2) is 30.6 Å². The summed E-state index contributed by atoms with van der Waals surface area (Å²) in [5.74, 6) is 0.978. The van der Waals surface area contributed by atoms with Gasteiger partial charge in [0.05, 0.1) is 12.6 Å². The molecule has 1 aromatic carbocycles. The van der Waals surface area contributed by atoms with Gasteiger partial charge in [0.2, 0.25) is 0 Å². The predicted molar refractivity (Wildman–Crippen MR) is 102 cm³/mol. The van der Waals surface area contributed by atoms with Crippen LogP contribution < -0.4 is 10.6 Å². The Morgan fingerprint density at radius 2 is 2.19 bits per heavy atom. The minimum absolute atomic E-state index is 0.0106. The van der Waals surface area contributed by atoms with E-state index in [1.807, 2.05) is 38.6 Å². The molecule has 2 N–H and O–H groups in total. The van der Waals surface area contributed by atoms with Crippen molar-refractivity contribution < 1.29 is 9.53 Å². The summed E-state index contributed by atoms with van der Waals surface area (Å²) in [7, 11) is 1.98. The molecular formula is C20H28N4O2. The third-order valence-corrected chi connectivity index (χ3v) is 4.52. The molecule has 0 saturated carbocycles. The van der Waals surface area contributed by atoms with Crippen LogP contribution in [0, 0.1) is 0 Å². The first-order valence-electron chi connectivity index (χ1n) is 9.14. The summed E-state index contributed by atoms with van der Waals surface area (Å²) in [4.78, 5) is 16.5. The fourth-order valence-corrected chi connectivity index (χ4v) is 3.26. The van der Waals surface area contributed by atoms with Crippen LogP contribution in [0.3, 0.4) is 0 Å². The third-order valence-electron chi connectivity index (χ3n) is 4.52. The van der Waals surface area contributed by atoms with Gasteiger partial charge in [-0.05, 0) is 63.3 Å². The van der Waals surface area contributed by atoms with Crippen molar-refractivity contribution in [2.75, 3.05) is 5.32 Å². The molecule has 1 aliphatic rings. The summed E-state index contributed by atoms with van der Waals surface area (Å²) in [6.07, 6.45) is 6.40. The zero-order valence-corrected chi connectivity index (χ0v) is 16.0. The van der Waals surface area contributed by atoms with E-state index in [1.54, 1.807) is 6.20 Å². The number of nitrogens with zero attached hydrogens (tertiary/aromatic N) is 2. The molecule has 0 saturated heterocycles. The van der Waals surface area contributed by atoms with E-state index in [4.69, 9.17) is 4.74 Å². The lowest BCUT2D eigenvalue weighted by molar-refractivity contribution is 0.0498. The topological polar surface area (TPSA) is 68.2 Å². The van der Waals surface area contributed by atoms with Crippen LogP contribution in [0.4, 0.5) is 10.5 Å². The normalized spacial score (nSPS) is 16.7. The van der Waals surface area contributed by atoms with Gasteiger partial charge in [-0.15, -0.1) is 0 Å². The molecule has 0 spiro atoms. The molecule has 1 aliphatic carbocycles. The smallest absolute Gasteiger partial charge is 0.408 e. The van der Waals surface area contributed by atoms with Crippen molar-refractivity contribution in [1.29, 1.82) is 0 Å². The van der Waals surface area contributed by atoms with E-state index in [-0.39, 0.29) is 12.1 Å². The van der Waals surface area contributed by atoms with E-state index in [0.717, 1.165) is 30.8 Å². The number of anilines is 1. The van der Waals surface area contributed by atoms with Crippen molar-refractivity contribution in [3.8, 4) is 0 Å². The van der Waals surface area contributed by atoms with Crippen LogP contribution in [-0.2, 0) is 24.8 Å². The molecule has 0 bridgehead atoms. The first-order valence-corrected chi connectivity index (χ1v) is 9.14. The number of amides is 1. The summed E-state index contributed by atoms with van der Waals surface area (Å²) >= 11 is 0. The van der Waals surface area contributed by atoms with Gasteiger partial charge in [-0.2, -0.15) is 0 Å². The van der Waals surface area contributed by atoms with Gasteiger partial charge < -0.3 is 19.9 Å². The van der Waals surface area contributed by atoms with Crippen LogP contribution in [0.2, 0.25) is 0 Å². The lowest BCUT2D eigenvalue weighted by Gasteiger charge is -2.28. The fraction of sp³-hybridized carbons (Fsp3) is 0.500. The van der Waals surface area contributed by atoms with Crippen molar-refractivity contribution in [3.63, 3.8) is 0 Å². The number of hydrogen-bond acceptors (Lipinski definition) is 4. The van der Waals surface area contributed by atoms with Crippen LogP contribution in [-0.4, -0.2) is 21.2 Å². The Kier molecular flexibility index (Phi) is 5.20. The minimum atomic E-state index is -0.493. The summed E-state index contributed by atoms with van der Waals surface area (Å²) in [5, 5.41) is 6.46.